The lowest BCUT2D eigenvalue weighted by molar-refractivity contribution is -0.141. The molecule has 2 N–H and O–H groups in total. The molecule has 1 aromatic heterocycles. The summed E-state index contributed by atoms with van der Waals surface area (Å²) in [6, 6.07) is 5.22. The van der Waals surface area contributed by atoms with Gasteiger partial charge in [-0.05, 0) is 36.1 Å². The first-order chi connectivity index (χ1) is 8.47. The van der Waals surface area contributed by atoms with Gasteiger partial charge in [-0.3, -0.25) is 0 Å². The van der Waals surface area contributed by atoms with Crippen LogP contribution in [0, 0.1) is 0 Å². The van der Waals surface area contributed by atoms with Gasteiger partial charge in [0.05, 0.1) is 0 Å². The summed E-state index contributed by atoms with van der Waals surface area (Å²) in [5.41, 5.74) is 0.840. The van der Waals surface area contributed by atoms with E-state index in [0.717, 1.165) is 12.0 Å². The fraction of sp³-hybridized carbons (Fsp3) is 0.385. The molecule has 0 aliphatic rings. The van der Waals surface area contributed by atoms with Crippen molar-refractivity contribution < 1.29 is 18.3 Å². The van der Waals surface area contributed by atoms with Gasteiger partial charge in [0, 0.05) is 17.5 Å². The number of aromatic amines is 1. The Morgan fingerprint density at radius 1 is 1.28 bits per heavy atom. The molecular weight excluding hydrogens is 243 g/mol. The van der Waals surface area contributed by atoms with Crippen molar-refractivity contribution in [2.24, 2.45) is 0 Å². The third-order valence-corrected chi connectivity index (χ3v) is 3.02. The summed E-state index contributed by atoms with van der Waals surface area (Å²) in [4.78, 5) is 2.40. The maximum atomic E-state index is 12.9. The summed E-state index contributed by atoms with van der Waals surface area (Å²) in [5, 5.41) is 9.48. The monoisotopic (exact) mass is 257 g/mol. The highest BCUT2D eigenvalue weighted by Gasteiger charge is 2.36. The second kappa shape index (κ2) is 4.65. The molecule has 0 bridgehead atoms. The first-order valence-corrected chi connectivity index (χ1v) is 5.79. The van der Waals surface area contributed by atoms with Crippen molar-refractivity contribution in [1.29, 1.82) is 0 Å². The number of halogens is 3. The average Bonchev–Trinajstić information content (AvgIpc) is 2.68. The summed E-state index contributed by atoms with van der Waals surface area (Å²) in [5.74, 6) is 0. The molecule has 5 heteroatoms. The van der Waals surface area contributed by atoms with Gasteiger partial charge >= 0.3 is 6.18 Å². The second-order valence-electron chi connectivity index (χ2n) is 4.18. The largest absolute Gasteiger partial charge is 0.431 e. The van der Waals surface area contributed by atoms with E-state index in [-0.39, 0.29) is 18.6 Å². The third kappa shape index (κ3) is 2.22. The minimum atomic E-state index is -4.42. The highest BCUT2D eigenvalue weighted by atomic mass is 19.4. The van der Waals surface area contributed by atoms with Crippen LogP contribution in [0.1, 0.15) is 23.7 Å². The molecule has 1 heterocycles. The van der Waals surface area contributed by atoms with Gasteiger partial charge in [0.2, 0.25) is 0 Å². The van der Waals surface area contributed by atoms with Crippen LogP contribution in [0.2, 0.25) is 0 Å². The average molecular weight is 257 g/mol. The molecule has 0 radical (unpaired) electrons. The van der Waals surface area contributed by atoms with Crippen LogP contribution in [0.3, 0.4) is 0 Å². The van der Waals surface area contributed by atoms with Crippen molar-refractivity contribution in [2.45, 2.75) is 25.9 Å². The Balaban J connectivity index is 2.68. The zero-order chi connectivity index (χ0) is 13.3. The van der Waals surface area contributed by atoms with Gasteiger partial charge in [-0.1, -0.05) is 13.0 Å². The van der Waals surface area contributed by atoms with Gasteiger partial charge in [-0.2, -0.15) is 13.2 Å². The lowest BCUT2D eigenvalue weighted by Crippen LogP contribution is -2.09. The summed E-state index contributed by atoms with van der Waals surface area (Å²) in [6.45, 7) is 1.65. The number of rotatable bonds is 3. The van der Waals surface area contributed by atoms with Gasteiger partial charge in [-0.15, -0.1) is 0 Å². The number of aliphatic hydroxyl groups excluding tert-OH is 1. The Hall–Kier alpha value is -1.49. The molecule has 0 spiro atoms. The van der Waals surface area contributed by atoms with E-state index in [1.165, 1.54) is 0 Å². The first-order valence-electron chi connectivity index (χ1n) is 5.79. The molecule has 0 saturated heterocycles. The van der Waals surface area contributed by atoms with Crippen molar-refractivity contribution >= 4 is 10.9 Å². The second-order valence-corrected chi connectivity index (χ2v) is 4.18. The van der Waals surface area contributed by atoms with E-state index in [4.69, 9.17) is 5.11 Å². The van der Waals surface area contributed by atoms with Crippen molar-refractivity contribution in [3.8, 4) is 0 Å². The number of H-pyrrole nitrogens is 1. The summed E-state index contributed by atoms with van der Waals surface area (Å²) >= 11 is 0. The van der Waals surface area contributed by atoms with E-state index in [1.54, 1.807) is 12.1 Å². The SMILES string of the molecule is CCc1ccc2[nH]c(C(F)(F)F)c(CCO)c2c1. The molecule has 0 atom stereocenters. The summed E-state index contributed by atoms with van der Waals surface area (Å²) < 4.78 is 38.6. The van der Waals surface area contributed by atoms with Crippen LogP contribution < -0.4 is 0 Å². The van der Waals surface area contributed by atoms with Crippen LogP contribution in [0.25, 0.3) is 10.9 Å². The number of nitrogens with one attached hydrogen (secondary N) is 1. The molecular formula is C13H14F3NO. The smallest absolute Gasteiger partial charge is 0.396 e. The molecule has 0 aliphatic carbocycles. The summed E-state index contributed by atoms with van der Waals surface area (Å²) in [7, 11) is 0. The van der Waals surface area contributed by atoms with E-state index in [9.17, 15) is 13.2 Å². The van der Waals surface area contributed by atoms with E-state index in [1.807, 2.05) is 13.0 Å². The predicted molar refractivity (Wildman–Crippen MR) is 63.5 cm³/mol. The Morgan fingerprint density at radius 2 is 2.00 bits per heavy atom. The van der Waals surface area contributed by atoms with Crippen LogP contribution in [-0.2, 0) is 19.0 Å². The quantitative estimate of drug-likeness (QED) is 0.869. The highest BCUT2D eigenvalue weighted by molar-refractivity contribution is 5.85. The van der Waals surface area contributed by atoms with Gasteiger partial charge in [0.1, 0.15) is 5.69 Å². The lowest BCUT2D eigenvalue weighted by Gasteiger charge is -2.07. The minimum absolute atomic E-state index is 0.00199. The Kier molecular flexibility index (Phi) is 3.34. The minimum Gasteiger partial charge on any atom is -0.396 e. The molecule has 0 unspecified atom stereocenters. The van der Waals surface area contributed by atoms with Crippen LogP contribution >= 0.6 is 0 Å². The van der Waals surface area contributed by atoms with E-state index in [0.29, 0.717) is 10.9 Å². The molecule has 0 saturated carbocycles. The Bertz CT molecular complexity index is 557. The fourth-order valence-corrected chi connectivity index (χ4v) is 2.13. The van der Waals surface area contributed by atoms with Gasteiger partial charge in [0.15, 0.2) is 0 Å². The Labute approximate surface area is 102 Å². The van der Waals surface area contributed by atoms with E-state index < -0.39 is 11.9 Å². The molecule has 0 aliphatic heterocycles. The third-order valence-electron chi connectivity index (χ3n) is 3.02. The standard InChI is InChI=1S/C13H14F3NO/c1-2-8-3-4-11-10(7-8)9(5-6-18)12(17-11)13(14,15)16/h3-4,7,17-18H,2,5-6H2,1H3. The number of aromatic nitrogens is 1. The topological polar surface area (TPSA) is 36.0 Å². The number of aliphatic hydroxyl groups is 1. The maximum absolute atomic E-state index is 12.9. The fourth-order valence-electron chi connectivity index (χ4n) is 2.13. The van der Waals surface area contributed by atoms with Crippen molar-refractivity contribution in [3.63, 3.8) is 0 Å². The lowest BCUT2D eigenvalue weighted by atomic mass is 10.0. The zero-order valence-corrected chi connectivity index (χ0v) is 9.93. The van der Waals surface area contributed by atoms with Crippen molar-refractivity contribution in [1.82, 2.24) is 4.98 Å². The van der Waals surface area contributed by atoms with Gasteiger partial charge < -0.3 is 10.1 Å². The number of hydrogen-bond acceptors (Lipinski definition) is 1. The molecule has 2 rings (SSSR count). The maximum Gasteiger partial charge on any atom is 0.431 e. The van der Waals surface area contributed by atoms with Crippen LogP contribution in [0.5, 0.6) is 0 Å². The molecule has 0 amide bonds. The number of fused-ring (bicyclic) bond motifs is 1. The first kappa shape index (κ1) is 13.0. The van der Waals surface area contributed by atoms with Crippen LogP contribution in [0.15, 0.2) is 18.2 Å². The zero-order valence-electron chi connectivity index (χ0n) is 9.93. The molecule has 2 aromatic rings. The van der Waals surface area contributed by atoms with E-state index in [2.05, 4.69) is 4.98 Å². The molecule has 2 nitrogen and oxygen atoms in total. The number of benzene rings is 1. The van der Waals surface area contributed by atoms with Crippen LogP contribution in [-0.4, -0.2) is 16.7 Å². The van der Waals surface area contributed by atoms with Gasteiger partial charge in [-0.25, -0.2) is 0 Å². The van der Waals surface area contributed by atoms with Crippen molar-refractivity contribution in [2.75, 3.05) is 6.61 Å². The predicted octanol–water partition coefficient (Wildman–Crippen LogP) is 3.28. The van der Waals surface area contributed by atoms with Crippen LogP contribution in [0.4, 0.5) is 13.2 Å². The molecule has 0 fully saturated rings. The van der Waals surface area contributed by atoms with Crippen molar-refractivity contribution in [3.05, 3.63) is 35.0 Å². The molecule has 18 heavy (non-hydrogen) atoms. The number of aryl methyl sites for hydroxylation is 1. The molecule has 1 aromatic carbocycles. The normalized spacial score (nSPS) is 12.3. The van der Waals surface area contributed by atoms with E-state index >= 15 is 0 Å². The Morgan fingerprint density at radius 3 is 2.56 bits per heavy atom. The number of alkyl halides is 3. The molecule has 98 valence electrons. The summed E-state index contributed by atoms with van der Waals surface area (Å²) in [6.07, 6.45) is -3.65. The van der Waals surface area contributed by atoms with Gasteiger partial charge in [0.25, 0.3) is 0 Å². The highest BCUT2D eigenvalue weighted by Crippen LogP contribution is 2.36. The number of hydrogen-bond donors (Lipinski definition) is 2.